The van der Waals surface area contributed by atoms with Crippen LogP contribution in [-0.4, -0.2) is 137 Å². The van der Waals surface area contributed by atoms with Crippen molar-refractivity contribution >= 4 is 6.16 Å². The van der Waals surface area contributed by atoms with Crippen LogP contribution in [0.15, 0.2) is 73.1 Å². The molecule has 2 aromatic carbocycles. The zero-order chi connectivity index (χ0) is 51.1. The molecule has 8 unspecified atom stereocenters. The Balaban J connectivity index is 0.000000260. The highest BCUT2D eigenvalue weighted by Crippen LogP contribution is 2.44. The van der Waals surface area contributed by atoms with Gasteiger partial charge in [-0.25, -0.2) is 22.4 Å². The number of ether oxygens (including phenoxy) is 8. The maximum Gasteiger partial charge on any atom is 0.573 e. The molecule has 16 nitrogen and oxygen atoms in total. The number of carbonyl (C=O) groups excluding carboxylic acids is 1. The number of aliphatic hydroxyl groups excluding tert-OH is 5. The van der Waals surface area contributed by atoms with Crippen LogP contribution in [0.2, 0.25) is 0 Å². The lowest BCUT2D eigenvalue weighted by molar-refractivity contribution is -0.296. The van der Waals surface area contributed by atoms with Gasteiger partial charge in [-0.1, -0.05) is 12.1 Å². The Bertz CT molecular complexity index is 2310. The van der Waals surface area contributed by atoms with Gasteiger partial charge in [0.1, 0.15) is 72.3 Å². The third-order valence-electron chi connectivity index (χ3n) is 10.4. The van der Waals surface area contributed by atoms with E-state index < -0.39 is 104 Å². The minimum atomic E-state index is -5.03. The van der Waals surface area contributed by atoms with Crippen molar-refractivity contribution in [3.05, 3.63) is 107 Å². The second-order valence-electron chi connectivity index (χ2n) is 15.0. The van der Waals surface area contributed by atoms with E-state index in [0.29, 0.717) is 22.9 Å². The lowest BCUT2D eigenvalue weighted by Gasteiger charge is -2.42. The molecule has 6 rings (SSSR count). The van der Waals surface area contributed by atoms with Gasteiger partial charge in [-0.3, -0.25) is 9.97 Å². The Morgan fingerprint density at radius 3 is 1.43 bits per heavy atom. The highest BCUT2D eigenvalue weighted by atomic mass is 19.4. The molecular formula is C43H44F10N2O14. The van der Waals surface area contributed by atoms with E-state index in [-0.39, 0.29) is 41.7 Å². The summed E-state index contributed by atoms with van der Waals surface area (Å²) in [6.07, 6.45) is -25.8. The number of aromatic nitrogens is 2. The summed E-state index contributed by atoms with van der Waals surface area (Å²) in [7, 11) is 2.83. The number of carbonyl (C=O) groups is 1. The van der Waals surface area contributed by atoms with Crippen LogP contribution in [0.1, 0.15) is 52.8 Å². The monoisotopic (exact) mass is 1000 g/mol. The maximum absolute atomic E-state index is 14.6. The van der Waals surface area contributed by atoms with Gasteiger partial charge in [0.2, 0.25) is 0 Å². The van der Waals surface area contributed by atoms with Gasteiger partial charge in [0.15, 0.2) is 6.10 Å². The van der Waals surface area contributed by atoms with Crippen LogP contribution in [0, 0.1) is 0 Å². The van der Waals surface area contributed by atoms with Gasteiger partial charge in [0, 0.05) is 35.4 Å². The van der Waals surface area contributed by atoms with E-state index in [1.807, 2.05) is 0 Å². The number of pyridine rings is 2. The smallest absolute Gasteiger partial charge is 0.495 e. The number of aliphatic hydroxyl groups is 5. The Morgan fingerprint density at radius 1 is 0.652 bits per heavy atom. The maximum atomic E-state index is 14.6. The van der Waals surface area contributed by atoms with Crippen molar-refractivity contribution in [2.45, 2.75) is 93.2 Å². The van der Waals surface area contributed by atoms with E-state index in [1.54, 1.807) is 6.07 Å². The molecule has 0 radical (unpaired) electrons. The minimum absolute atomic E-state index is 0.00327. The molecule has 2 aliphatic heterocycles. The summed E-state index contributed by atoms with van der Waals surface area (Å²) < 4.78 is 172. The molecular weight excluding hydrogens is 958 g/mol. The zero-order valence-electron chi connectivity index (χ0n) is 36.2. The Morgan fingerprint density at radius 2 is 1.07 bits per heavy atom. The van der Waals surface area contributed by atoms with Crippen LogP contribution in [0.5, 0.6) is 23.0 Å². The van der Waals surface area contributed by atoms with Gasteiger partial charge in [0.25, 0.3) is 0 Å². The van der Waals surface area contributed by atoms with Crippen LogP contribution in [0.4, 0.5) is 48.7 Å². The third kappa shape index (κ3) is 13.7. The molecule has 2 aliphatic rings. The van der Waals surface area contributed by atoms with Crippen LogP contribution >= 0.6 is 0 Å². The molecule has 4 aromatic rings. The topological polar surface area (TPSA) is 218 Å². The predicted molar refractivity (Wildman–Crippen MR) is 213 cm³/mol. The molecule has 2 fully saturated rings. The van der Waals surface area contributed by atoms with Crippen molar-refractivity contribution in [2.24, 2.45) is 0 Å². The first-order valence-electron chi connectivity index (χ1n) is 20.3. The van der Waals surface area contributed by atoms with E-state index in [4.69, 9.17) is 18.9 Å². The number of hydrogen-bond acceptors (Lipinski definition) is 16. The summed E-state index contributed by atoms with van der Waals surface area (Å²) in [5.41, 5.74) is 0.544. The average Bonchev–Trinajstić information content (AvgIpc) is 3.28. The van der Waals surface area contributed by atoms with E-state index in [2.05, 4.69) is 28.9 Å². The zero-order valence-corrected chi connectivity index (χ0v) is 36.2. The van der Waals surface area contributed by atoms with Gasteiger partial charge in [-0.15, -0.1) is 26.3 Å². The van der Waals surface area contributed by atoms with Crippen molar-refractivity contribution in [2.75, 3.05) is 34.0 Å². The summed E-state index contributed by atoms with van der Waals surface area (Å²) in [5.74, 6) is -8.27. The molecule has 0 aliphatic carbocycles. The molecule has 69 heavy (non-hydrogen) atoms. The van der Waals surface area contributed by atoms with Gasteiger partial charge < -0.3 is 63.4 Å². The van der Waals surface area contributed by atoms with Crippen molar-refractivity contribution in [1.29, 1.82) is 0 Å². The summed E-state index contributed by atoms with van der Waals surface area (Å²) in [4.78, 5) is 19.6. The van der Waals surface area contributed by atoms with Crippen molar-refractivity contribution in [1.82, 2.24) is 9.97 Å². The number of alkyl halides is 10. The molecule has 2 saturated heterocycles. The summed E-state index contributed by atoms with van der Waals surface area (Å²) in [5, 5.41) is 49.6. The molecule has 5 N–H and O–H groups in total. The summed E-state index contributed by atoms with van der Waals surface area (Å²) >= 11 is 0. The van der Waals surface area contributed by atoms with Crippen LogP contribution in [0.3, 0.4) is 0 Å². The lowest BCUT2D eigenvalue weighted by atomic mass is 9.89. The van der Waals surface area contributed by atoms with E-state index in [0.717, 1.165) is 30.3 Å². The SMILES string of the molecule is CCOC(=O)OCC1OC(c2ccc(OC(F)(F)F)c(Cc3ccc(OC)cn3)c2)C(O)C(O)C1(F)F.COc1ccc(Cc2cc(C3OC(CO)C(F)(F)C(O)C3O)ccc2OC(F)(F)F)nc1. The number of hydrogen-bond donors (Lipinski definition) is 5. The van der Waals surface area contributed by atoms with Gasteiger partial charge in [-0.05, 0) is 66.6 Å². The van der Waals surface area contributed by atoms with E-state index in [9.17, 15) is 74.2 Å². The van der Waals surface area contributed by atoms with Crippen molar-refractivity contribution in [3.63, 3.8) is 0 Å². The van der Waals surface area contributed by atoms with Crippen LogP contribution < -0.4 is 18.9 Å². The fraction of sp³-hybridized carbons (Fsp3) is 0.465. The first-order valence-corrected chi connectivity index (χ1v) is 20.3. The molecule has 0 saturated carbocycles. The van der Waals surface area contributed by atoms with E-state index in [1.165, 1.54) is 57.8 Å². The lowest BCUT2D eigenvalue weighted by Crippen LogP contribution is -2.60. The highest BCUT2D eigenvalue weighted by molar-refractivity contribution is 5.59. The van der Waals surface area contributed by atoms with Crippen molar-refractivity contribution in [3.8, 4) is 23.0 Å². The quantitative estimate of drug-likeness (QED) is 0.0732. The van der Waals surface area contributed by atoms with Gasteiger partial charge >= 0.3 is 30.7 Å². The second-order valence-corrected chi connectivity index (χ2v) is 15.0. The first kappa shape index (κ1) is 54.2. The first-order chi connectivity index (χ1) is 32.3. The summed E-state index contributed by atoms with van der Waals surface area (Å²) in [6.45, 7) is -0.785. The fourth-order valence-electron chi connectivity index (χ4n) is 6.97. The minimum Gasteiger partial charge on any atom is -0.495 e. The fourth-order valence-corrected chi connectivity index (χ4v) is 6.97. The molecule has 8 atom stereocenters. The second kappa shape index (κ2) is 22.3. The number of methoxy groups -OCH3 is 2. The van der Waals surface area contributed by atoms with Crippen LogP contribution in [0.25, 0.3) is 0 Å². The Kier molecular flexibility index (Phi) is 17.5. The summed E-state index contributed by atoms with van der Waals surface area (Å²) in [6, 6.07) is 12.5. The van der Waals surface area contributed by atoms with Gasteiger partial charge in [0.05, 0.1) is 39.8 Å². The number of nitrogens with zero attached hydrogens (tertiary/aromatic N) is 2. The average molecular weight is 1000 g/mol. The number of rotatable bonds is 14. The predicted octanol–water partition coefficient (Wildman–Crippen LogP) is 5.92. The largest absolute Gasteiger partial charge is 0.573 e. The Hall–Kier alpha value is -5.77. The molecule has 0 amide bonds. The molecule has 380 valence electrons. The number of halogens is 10. The van der Waals surface area contributed by atoms with Crippen LogP contribution in [-0.2, 0) is 31.8 Å². The van der Waals surface area contributed by atoms with Crippen molar-refractivity contribution < 1.29 is 112 Å². The van der Waals surface area contributed by atoms with Gasteiger partial charge in [-0.2, -0.15) is 0 Å². The number of benzene rings is 2. The highest BCUT2D eigenvalue weighted by Gasteiger charge is 2.59. The molecule has 0 bridgehead atoms. The van der Waals surface area contributed by atoms with E-state index >= 15 is 0 Å². The molecule has 0 spiro atoms. The normalized spacial score (nSPS) is 24.3. The molecule has 2 aromatic heterocycles. The Labute approximate surface area is 384 Å². The molecule has 26 heteroatoms. The molecule has 4 heterocycles. The third-order valence-corrected chi connectivity index (χ3v) is 10.4. The standard InChI is InChI=1S/C23H24F5NO8.C20H20F5NO6/c1-3-34-21(32)35-11-17-22(24,25)20(31)18(30)19(36-17)12-4-7-16(37-23(26,27)28)13(8-12)9-14-5-6-15(33-2)10-29-14;1-30-13-4-3-12(26-8-13)7-11-6-10(2-5-14(11)32-20(23,24)25)17-16(28)18(29)19(21,22)15(9-27)31-17/h4-8,10,17-20,30-31H,3,9,11H2,1-2H3;2-6,8,15-18,27-29H,7,9H2,1H3.